The summed E-state index contributed by atoms with van der Waals surface area (Å²) in [5.41, 5.74) is 0. The van der Waals surface area contributed by atoms with Crippen LogP contribution in [-0.2, 0) is 17.9 Å². The minimum atomic E-state index is -1.05. The number of rotatable bonds is 3. The highest BCUT2D eigenvalue weighted by atomic mass is 16.4. The molecule has 0 fully saturated rings. The van der Waals surface area contributed by atoms with E-state index in [9.17, 15) is 4.79 Å². The zero-order valence-corrected chi connectivity index (χ0v) is 5.51. The molecule has 0 amide bonds. The molecular weight excluding hydrogens is 152 g/mol. The highest BCUT2D eigenvalue weighted by molar-refractivity contribution is 5.66. The van der Waals surface area contributed by atoms with Crippen molar-refractivity contribution in [1.29, 1.82) is 0 Å². The number of carboxylic acid groups (broad SMARTS) is 1. The Morgan fingerprint density at radius 3 is 2.82 bits per heavy atom. The van der Waals surface area contributed by atoms with Crippen LogP contribution in [0.1, 0.15) is 5.82 Å². The minimum absolute atomic E-state index is 0.117. The average Bonchev–Trinajstić information content (AvgIpc) is 2.34. The molecule has 7 heteroatoms. The summed E-state index contributed by atoms with van der Waals surface area (Å²) in [7, 11) is 0. The van der Waals surface area contributed by atoms with E-state index in [1.165, 1.54) is 0 Å². The molecule has 1 rings (SSSR count). The highest BCUT2D eigenvalue weighted by Crippen LogP contribution is 1.84. The van der Waals surface area contributed by atoms with E-state index in [1.807, 2.05) is 0 Å². The lowest BCUT2D eigenvalue weighted by Gasteiger charge is -1.88. The largest absolute Gasteiger partial charge is 0.480 e. The predicted octanol–water partition coefficient (Wildman–Crippen LogP) is -1.75. The van der Waals surface area contributed by atoms with Crippen LogP contribution in [0.2, 0.25) is 0 Å². The maximum absolute atomic E-state index is 10.1. The van der Waals surface area contributed by atoms with Gasteiger partial charge in [0.05, 0.1) is 0 Å². The second-order valence-corrected chi connectivity index (χ2v) is 1.79. The predicted molar refractivity (Wildman–Crippen MR) is 31.4 cm³/mol. The molecule has 0 unspecified atom stereocenters. The van der Waals surface area contributed by atoms with Crippen LogP contribution in [0.5, 0.6) is 0 Å². The van der Waals surface area contributed by atoms with E-state index in [0.29, 0.717) is 0 Å². The normalized spacial score (nSPS) is 9.91. The van der Waals surface area contributed by atoms with Crippen LogP contribution in [0.15, 0.2) is 0 Å². The van der Waals surface area contributed by atoms with Crippen molar-refractivity contribution in [2.45, 2.75) is 13.2 Å². The quantitative estimate of drug-likeness (QED) is 0.541. The Hall–Kier alpha value is -1.50. The molecule has 0 aliphatic rings. The van der Waals surface area contributed by atoms with Gasteiger partial charge < -0.3 is 10.2 Å². The number of carbonyl (C=O) groups is 1. The monoisotopic (exact) mass is 158 g/mol. The molecule has 1 aromatic heterocycles. The number of hydrogen-bond donors (Lipinski definition) is 2. The Bertz CT molecular complexity index is 258. The van der Waals surface area contributed by atoms with Crippen LogP contribution in [0.4, 0.5) is 0 Å². The summed E-state index contributed by atoms with van der Waals surface area (Å²) in [5.74, 6) is -0.932. The second-order valence-electron chi connectivity index (χ2n) is 1.79. The van der Waals surface area contributed by atoms with Gasteiger partial charge in [-0.2, -0.15) is 4.80 Å². The summed E-state index contributed by atoms with van der Waals surface area (Å²) in [6, 6.07) is 0. The van der Waals surface area contributed by atoms with E-state index < -0.39 is 5.97 Å². The van der Waals surface area contributed by atoms with Crippen molar-refractivity contribution >= 4 is 5.97 Å². The molecule has 0 saturated carbocycles. The molecule has 0 radical (unpaired) electrons. The molecule has 2 N–H and O–H groups in total. The average molecular weight is 158 g/mol. The van der Waals surface area contributed by atoms with Crippen LogP contribution in [-0.4, -0.2) is 36.4 Å². The minimum Gasteiger partial charge on any atom is -0.480 e. The summed E-state index contributed by atoms with van der Waals surface area (Å²) in [6.45, 7) is -0.674. The van der Waals surface area contributed by atoms with Crippen molar-refractivity contribution < 1.29 is 15.0 Å². The molecule has 0 bridgehead atoms. The molecule has 0 spiro atoms. The number of nitrogens with zero attached hydrogens (tertiary/aromatic N) is 4. The zero-order chi connectivity index (χ0) is 8.27. The van der Waals surface area contributed by atoms with Gasteiger partial charge in [-0.1, -0.05) is 0 Å². The number of aromatic nitrogens is 4. The number of aliphatic carboxylic acids is 1. The Labute approximate surface area is 61.3 Å². The Balaban J connectivity index is 2.65. The van der Waals surface area contributed by atoms with E-state index in [2.05, 4.69) is 15.4 Å². The van der Waals surface area contributed by atoms with E-state index in [0.717, 1.165) is 4.80 Å². The lowest BCUT2D eigenvalue weighted by atomic mass is 10.7. The molecule has 0 atom stereocenters. The lowest BCUT2D eigenvalue weighted by molar-refractivity contribution is -0.138. The van der Waals surface area contributed by atoms with Gasteiger partial charge in [-0.25, -0.2) is 0 Å². The van der Waals surface area contributed by atoms with Crippen molar-refractivity contribution in [2.75, 3.05) is 0 Å². The third-order valence-electron chi connectivity index (χ3n) is 0.912. The maximum Gasteiger partial charge on any atom is 0.327 e. The summed E-state index contributed by atoms with van der Waals surface area (Å²) in [5, 5.41) is 27.0. The van der Waals surface area contributed by atoms with Gasteiger partial charge in [0.15, 0.2) is 12.4 Å². The van der Waals surface area contributed by atoms with Gasteiger partial charge in [-0.3, -0.25) is 4.79 Å². The first-order valence-electron chi connectivity index (χ1n) is 2.81. The first-order chi connectivity index (χ1) is 5.22. The van der Waals surface area contributed by atoms with Crippen LogP contribution < -0.4 is 0 Å². The zero-order valence-electron chi connectivity index (χ0n) is 5.51. The van der Waals surface area contributed by atoms with Crippen LogP contribution in [0.25, 0.3) is 0 Å². The molecule has 1 aromatic rings. The van der Waals surface area contributed by atoms with Gasteiger partial charge in [0.1, 0.15) is 6.61 Å². The number of aliphatic hydroxyl groups is 1. The second kappa shape index (κ2) is 3.06. The Morgan fingerprint density at radius 2 is 2.36 bits per heavy atom. The summed E-state index contributed by atoms with van der Waals surface area (Å²) < 4.78 is 0. The standard InChI is InChI=1S/C4H6N4O3/c9-2-3-5-7-8(6-3)1-4(10)11/h9H,1-2H2,(H,10,11). The third-order valence-corrected chi connectivity index (χ3v) is 0.912. The van der Waals surface area contributed by atoms with E-state index in [4.69, 9.17) is 10.2 Å². The smallest absolute Gasteiger partial charge is 0.327 e. The molecule has 11 heavy (non-hydrogen) atoms. The topological polar surface area (TPSA) is 101 Å². The van der Waals surface area contributed by atoms with Gasteiger partial charge >= 0.3 is 5.97 Å². The van der Waals surface area contributed by atoms with Gasteiger partial charge in [0.25, 0.3) is 0 Å². The fraction of sp³-hybridized carbons (Fsp3) is 0.500. The number of hydrogen-bond acceptors (Lipinski definition) is 5. The fourth-order valence-electron chi connectivity index (χ4n) is 0.528. The SMILES string of the molecule is O=C(O)Cn1nnc(CO)n1. The first kappa shape index (κ1) is 7.61. The number of carboxylic acids is 1. The highest BCUT2D eigenvalue weighted by Gasteiger charge is 2.03. The fourth-order valence-corrected chi connectivity index (χ4v) is 0.528. The van der Waals surface area contributed by atoms with Gasteiger partial charge in [-0.05, 0) is 5.21 Å². The molecule has 1 heterocycles. The molecule has 60 valence electrons. The lowest BCUT2D eigenvalue weighted by Crippen LogP contribution is -2.11. The van der Waals surface area contributed by atoms with Crippen molar-refractivity contribution in [1.82, 2.24) is 20.2 Å². The Morgan fingerprint density at radius 1 is 1.64 bits per heavy atom. The van der Waals surface area contributed by atoms with Crippen LogP contribution in [0, 0.1) is 0 Å². The van der Waals surface area contributed by atoms with Crippen molar-refractivity contribution in [3.8, 4) is 0 Å². The molecular formula is C4H6N4O3. The maximum atomic E-state index is 10.1. The van der Waals surface area contributed by atoms with E-state index in [-0.39, 0.29) is 19.0 Å². The Kier molecular flexibility index (Phi) is 2.12. The van der Waals surface area contributed by atoms with Gasteiger partial charge in [0.2, 0.25) is 0 Å². The molecule has 7 nitrogen and oxygen atoms in total. The number of tetrazole rings is 1. The van der Waals surface area contributed by atoms with Gasteiger partial charge in [0, 0.05) is 0 Å². The summed E-state index contributed by atoms with van der Waals surface area (Å²) >= 11 is 0. The van der Waals surface area contributed by atoms with Crippen molar-refractivity contribution in [3.05, 3.63) is 5.82 Å². The molecule has 0 saturated heterocycles. The van der Waals surface area contributed by atoms with Crippen LogP contribution >= 0.6 is 0 Å². The van der Waals surface area contributed by atoms with E-state index in [1.54, 1.807) is 0 Å². The molecule has 0 aliphatic carbocycles. The van der Waals surface area contributed by atoms with E-state index >= 15 is 0 Å². The van der Waals surface area contributed by atoms with Crippen LogP contribution in [0.3, 0.4) is 0 Å². The van der Waals surface area contributed by atoms with Crippen molar-refractivity contribution in [3.63, 3.8) is 0 Å². The molecule has 0 aliphatic heterocycles. The third kappa shape index (κ3) is 1.97. The number of aliphatic hydroxyl groups excluding tert-OH is 1. The summed E-state index contributed by atoms with van der Waals surface area (Å²) in [4.78, 5) is 11.0. The van der Waals surface area contributed by atoms with Gasteiger partial charge in [-0.15, -0.1) is 10.2 Å². The molecule has 0 aromatic carbocycles. The first-order valence-corrected chi connectivity index (χ1v) is 2.81. The summed E-state index contributed by atoms with van der Waals surface area (Å²) in [6.07, 6.45) is 0. The van der Waals surface area contributed by atoms with Crippen molar-refractivity contribution in [2.24, 2.45) is 0 Å².